The maximum atomic E-state index is 15.6. The zero-order valence-electron chi connectivity index (χ0n) is 74.6. The van der Waals surface area contributed by atoms with Crippen molar-refractivity contribution < 1.29 is 91.4 Å². The number of primary amides is 3. The van der Waals surface area contributed by atoms with Crippen LogP contribution in [-0.4, -0.2) is 301 Å². The summed E-state index contributed by atoms with van der Waals surface area (Å²) in [7, 11) is 1.47. The van der Waals surface area contributed by atoms with Gasteiger partial charge in [-0.2, -0.15) is 0 Å². The number of imidazole rings is 2. The third-order valence-corrected chi connectivity index (χ3v) is 23.9. The molecule has 51 nitrogen and oxygen atoms in total. The molecule has 2 saturated heterocycles. The summed E-state index contributed by atoms with van der Waals surface area (Å²) in [6.07, 6.45) is 2.93. The van der Waals surface area contributed by atoms with E-state index in [2.05, 4.69) is 110 Å². The first-order valence-corrected chi connectivity index (χ1v) is 46.4. The van der Waals surface area contributed by atoms with Crippen molar-refractivity contribution in [2.45, 2.75) is 239 Å². The van der Waals surface area contributed by atoms with Gasteiger partial charge in [-0.15, -0.1) is 0 Å². The van der Waals surface area contributed by atoms with E-state index >= 15 is 24.0 Å². The molecular weight excluding hydrogens is 1790 g/mol. The number of hydrogen-bond donors (Lipinski definition) is 30. The van der Waals surface area contributed by atoms with Gasteiger partial charge >= 0.3 is 0 Å². The molecule has 0 spiro atoms. The maximum Gasteiger partial charge on any atom is 0.246 e. The SMILES string of the molecule is CC(=O)N[C@@H](CC(N)=O)C(=O)N[C@@H](Cc1c[nH]c2ccccc12)C(=O)NC1CSSCC(C(=O)N[C@@H](CCCCN)C(=O)N[C@H](C(=O)N[C@@H](Cc2cnc[nH]2)C(=O)N2CCC[C@H]2C(=O)N[C@@H](Cc2cnc[nH]2)C(N)=O)[C@@H](C)O)NC(=O)[C@H](CCC(N)=O)NC(=O)[C@H](CCCCN)NC(=O)[C@H](CCCNC(=N)N)NC(=O)CNC(=O)C(CCCNC(=N)N)NC(=O)[C@H](CCCCN)NC1=O. The zero-order valence-corrected chi connectivity index (χ0v) is 76.3. The van der Waals surface area contributed by atoms with Crippen molar-refractivity contribution in [2.75, 3.05) is 57.3 Å². The molecule has 0 bridgehead atoms. The number of carbonyl (C=O) groups excluding carboxylic acids is 18. The fourth-order valence-electron chi connectivity index (χ4n) is 14.5. The van der Waals surface area contributed by atoms with E-state index in [1.54, 1.807) is 30.5 Å². The Balaban J connectivity index is 1.48. The van der Waals surface area contributed by atoms with E-state index in [0.29, 0.717) is 34.3 Å². The largest absolute Gasteiger partial charge is 0.391 e. The second-order valence-corrected chi connectivity index (χ2v) is 34.8. The topological polar surface area (TPSA) is 852 Å². The Hall–Kier alpha value is -13.3. The lowest BCUT2D eigenvalue weighted by Crippen LogP contribution is -2.62. The molecule has 1 aromatic carbocycles. The van der Waals surface area contributed by atoms with Crippen LogP contribution in [0.25, 0.3) is 10.9 Å². The molecule has 738 valence electrons. The van der Waals surface area contributed by atoms with Crippen molar-refractivity contribution in [3.05, 3.63) is 72.5 Å². The van der Waals surface area contributed by atoms with Crippen LogP contribution in [0.5, 0.6) is 0 Å². The second-order valence-electron chi connectivity index (χ2n) is 32.2. The lowest BCUT2D eigenvalue weighted by atomic mass is 10.0. The minimum Gasteiger partial charge on any atom is -0.391 e. The molecule has 5 heterocycles. The van der Waals surface area contributed by atoms with E-state index in [0.717, 1.165) is 35.4 Å². The molecule has 2 aliphatic heterocycles. The number of guanidine groups is 2. The molecule has 18 amide bonds. The van der Waals surface area contributed by atoms with Crippen molar-refractivity contribution >= 4 is 151 Å². The first-order chi connectivity index (χ1) is 63.9. The number of para-hydroxylation sites is 1. The number of nitrogens with zero attached hydrogens (tertiary/aromatic N) is 3. The van der Waals surface area contributed by atoms with Crippen LogP contribution in [0.4, 0.5) is 0 Å². The highest BCUT2D eigenvalue weighted by Gasteiger charge is 2.43. The Morgan fingerprint density at radius 3 is 1.61 bits per heavy atom. The number of likely N-dealkylation sites (tertiary alicyclic amines) is 1. The summed E-state index contributed by atoms with van der Waals surface area (Å²) >= 11 is 0. The molecule has 15 atom stereocenters. The van der Waals surface area contributed by atoms with Gasteiger partial charge in [-0.25, -0.2) is 9.97 Å². The molecule has 2 fully saturated rings. The first-order valence-electron chi connectivity index (χ1n) is 43.9. The number of hydrogen-bond acceptors (Lipinski definition) is 28. The molecular formula is C81H128N32O19S2. The number of carbonyl (C=O) groups is 18. The lowest BCUT2D eigenvalue weighted by Gasteiger charge is -2.31. The fraction of sp³-hybridized carbons (Fsp3) is 0.580. The number of amides is 18. The molecule has 0 saturated carbocycles. The van der Waals surface area contributed by atoms with E-state index in [4.69, 9.17) is 56.7 Å². The Morgan fingerprint density at radius 2 is 1.06 bits per heavy atom. The number of nitrogens with one attached hydrogen (secondary N) is 21. The van der Waals surface area contributed by atoms with Crippen molar-refractivity contribution in [3.8, 4) is 0 Å². The second kappa shape index (κ2) is 57.2. The zero-order chi connectivity index (χ0) is 98.5. The van der Waals surface area contributed by atoms with Crippen molar-refractivity contribution in [2.24, 2.45) is 45.9 Å². The standard InChI is InChI=1S/C81H128N32O19S2/c1-42(114)65(78(131)109-58(32-46-36-93-41-99-46)79(132)113-29-13-21-61(113)77(130)107-55(66(87)119)31-45-35-92-40-98-45)112-72(125)53(18-7-10-26-84)105-75(128)59-38-133-134-39-60(111-73(126)56(30-44-34-96-48-15-4-3-14-47(44)48)108-74(127)57(33-63(86)117)100-43(2)115)76(129)104-52(17-6-9-25-83)69(122)102-49(19-11-27-94-80(88)89)67(120)97-37-64(118)101-50(20-12-28-95-81(90)91)68(121)103-51(16-5-8-24-82)70(123)106-54(71(124)110-59)22-23-62(85)116/h3-4,14-15,34-36,40-42,49-61,65,96,114H,5-13,16-33,37-39,82-84H2,1-2H3,(H2,85,116)(H2,86,117)(H2,87,119)(H,92,98)(H,93,99)(H,97,120)(H,100,115)(H,101,118)(H,102,122)(H,103,121)(H,104,129)(H,105,128)(H,106,123)(H,107,130)(H,108,127)(H,109,131)(H,110,124)(H,111,126)(H,112,125)(H4,88,89,94)(H4,90,91,95)/t42-,49?,50+,51+,52+,53+,54+,55+,56+,57+,58+,59?,60?,61+,65+/m1/s1. The number of aliphatic hydroxyl groups is 1. The van der Waals surface area contributed by atoms with E-state index in [1.807, 2.05) is 0 Å². The minimum atomic E-state index is -1.95. The highest BCUT2D eigenvalue weighted by Crippen LogP contribution is 2.26. The third-order valence-electron chi connectivity index (χ3n) is 21.5. The van der Waals surface area contributed by atoms with Gasteiger partial charge in [-0.05, 0) is 141 Å². The molecule has 0 radical (unpaired) electrons. The molecule has 134 heavy (non-hydrogen) atoms. The summed E-state index contributed by atoms with van der Waals surface area (Å²) in [5.74, 6) is -20.4. The Morgan fingerprint density at radius 1 is 0.537 bits per heavy atom. The average Bonchev–Trinajstić information content (AvgIpc) is 1.67. The average molecular weight is 1920 g/mol. The summed E-state index contributed by atoms with van der Waals surface area (Å²) in [4.78, 5) is 276. The van der Waals surface area contributed by atoms with Crippen LogP contribution in [0.1, 0.15) is 146 Å². The fourth-order valence-corrected chi connectivity index (χ4v) is 16.8. The predicted octanol–water partition coefficient (Wildman–Crippen LogP) is -9.61. The number of aromatic amines is 3. The summed E-state index contributed by atoms with van der Waals surface area (Å²) in [6.45, 7) is 1.49. The summed E-state index contributed by atoms with van der Waals surface area (Å²) in [5.41, 5.74) is 47.6. The number of benzene rings is 1. The highest BCUT2D eigenvalue weighted by atomic mass is 33.1. The van der Waals surface area contributed by atoms with Gasteiger partial charge in [0.05, 0.1) is 31.7 Å². The molecule has 6 rings (SSSR count). The number of rotatable bonds is 47. The maximum absolute atomic E-state index is 15.6. The van der Waals surface area contributed by atoms with Crippen LogP contribution in [0.3, 0.4) is 0 Å². The van der Waals surface area contributed by atoms with Gasteiger partial charge in [0.1, 0.15) is 84.6 Å². The molecule has 2 aliphatic rings. The van der Waals surface area contributed by atoms with E-state index < -0.39 is 246 Å². The summed E-state index contributed by atoms with van der Waals surface area (Å²) in [5, 5.41) is 68.5. The van der Waals surface area contributed by atoms with Gasteiger partial charge in [0.25, 0.3) is 0 Å². The van der Waals surface area contributed by atoms with Crippen LogP contribution in [0.2, 0.25) is 0 Å². The Labute approximate surface area is 779 Å². The van der Waals surface area contributed by atoms with Gasteiger partial charge in [-0.1, -0.05) is 39.8 Å². The van der Waals surface area contributed by atoms with Crippen LogP contribution in [-0.2, 0) is 106 Å². The normalized spacial score (nSPS) is 20.1. The van der Waals surface area contributed by atoms with Gasteiger partial charge in [0, 0.05) is 105 Å². The molecule has 4 aromatic rings. The van der Waals surface area contributed by atoms with Gasteiger partial charge in [0.2, 0.25) is 106 Å². The number of aliphatic hydroxyl groups excluding tert-OH is 1. The van der Waals surface area contributed by atoms with Crippen LogP contribution >= 0.6 is 21.6 Å². The van der Waals surface area contributed by atoms with Gasteiger partial charge in [-0.3, -0.25) is 97.1 Å². The van der Waals surface area contributed by atoms with Crippen LogP contribution in [0, 0.1) is 10.8 Å². The van der Waals surface area contributed by atoms with E-state index in [1.165, 1.54) is 29.9 Å². The van der Waals surface area contributed by atoms with E-state index in [-0.39, 0.29) is 148 Å². The molecule has 53 heteroatoms. The quantitative estimate of drug-likeness (QED) is 0.00845. The van der Waals surface area contributed by atoms with Crippen molar-refractivity contribution in [1.29, 1.82) is 10.8 Å². The van der Waals surface area contributed by atoms with E-state index in [9.17, 15) is 67.4 Å². The minimum absolute atomic E-state index is 0.00749. The smallest absolute Gasteiger partial charge is 0.246 e. The summed E-state index contributed by atoms with van der Waals surface area (Å²) in [6, 6.07) is -16.1. The molecule has 0 aliphatic carbocycles. The third kappa shape index (κ3) is 37.8. The molecule has 3 aromatic heterocycles. The first kappa shape index (κ1) is 109. The van der Waals surface area contributed by atoms with Crippen molar-refractivity contribution in [3.63, 3.8) is 0 Å². The highest BCUT2D eigenvalue weighted by molar-refractivity contribution is 8.76. The number of nitrogens with two attached hydrogens (primary N) is 8. The van der Waals surface area contributed by atoms with Gasteiger partial charge in [0.15, 0.2) is 11.9 Å². The number of fused-ring (bicyclic) bond motifs is 1. The lowest BCUT2D eigenvalue weighted by molar-refractivity contribution is -0.143. The monoisotopic (exact) mass is 1920 g/mol. The number of H-pyrrole nitrogens is 3. The molecule has 38 N–H and O–H groups in total. The number of aromatic nitrogens is 5. The molecule has 3 unspecified atom stereocenters. The van der Waals surface area contributed by atoms with Crippen LogP contribution < -0.4 is 131 Å². The predicted molar refractivity (Wildman–Crippen MR) is 490 cm³/mol. The Kier molecular flexibility index (Phi) is 46.7. The van der Waals surface area contributed by atoms with Crippen molar-refractivity contribution in [1.82, 2.24) is 115 Å². The number of unbranched alkanes of at least 4 members (excludes halogenated alkanes) is 3. The Bertz CT molecular complexity index is 4640. The van der Waals surface area contributed by atoms with Gasteiger partial charge < -0.3 is 156 Å². The summed E-state index contributed by atoms with van der Waals surface area (Å²) < 4.78 is 0. The van der Waals surface area contributed by atoms with Crippen LogP contribution in [0.15, 0.2) is 55.5 Å².